The van der Waals surface area contributed by atoms with Crippen molar-refractivity contribution in [2.24, 2.45) is 11.8 Å². The van der Waals surface area contributed by atoms with E-state index in [-0.39, 0.29) is 6.04 Å². The number of aromatic amines is 1. The molecule has 2 aliphatic rings. The van der Waals surface area contributed by atoms with Gasteiger partial charge in [-0.2, -0.15) is 5.21 Å². The fraction of sp³-hybridized carbons (Fsp3) is 0.900. The van der Waals surface area contributed by atoms with Crippen LogP contribution >= 0.6 is 0 Å². The summed E-state index contributed by atoms with van der Waals surface area (Å²) in [6, 6.07) is 0.911. The Morgan fingerprint density at radius 3 is 2.40 bits per heavy atom. The lowest BCUT2D eigenvalue weighted by atomic mass is 10.1. The van der Waals surface area contributed by atoms with Gasteiger partial charge < -0.3 is 5.32 Å². The van der Waals surface area contributed by atoms with Crippen molar-refractivity contribution in [1.82, 2.24) is 25.9 Å². The second kappa shape index (κ2) is 3.56. The first-order chi connectivity index (χ1) is 7.34. The first-order valence-corrected chi connectivity index (χ1v) is 5.84. The molecular weight excluding hydrogens is 190 g/mol. The van der Waals surface area contributed by atoms with Gasteiger partial charge in [0.05, 0.1) is 6.04 Å². The first kappa shape index (κ1) is 9.27. The van der Waals surface area contributed by atoms with Crippen LogP contribution in [0.25, 0.3) is 0 Å². The summed E-state index contributed by atoms with van der Waals surface area (Å²) in [5.74, 6) is 2.60. The lowest BCUT2D eigenvalue weighted by molar-refractivity contribution is 0.370. The van der Waals surface area contributed by atoms with Gasteiger partial charge in [-0.05, 0) is 44.4 Å². The van der Waals surface area contributed by atoms with Gasteiger partial charge in [0, 0.05) is 6.04 Å². The van der Waals surface area contributed by atoms with E-state index in [1.165, 1.54) is 25.7 Å². The van der Waals surface area contributed by atoms with Crippen LogP contribution in [0.15, 0.2) is 0 Å². The Hall–Kier alpha value is -0.970. The predicted molar refractivity (Wildman–Crippen MR) is 55.0 cm³/mol. The molecule has 0 aromatic carbocycles. The van der Waals surface area contributed by atoms with E-state index < -0.39 is 0 Å². The van der Waals surface area contributed by atoms with Crippen molar-refractivity contribution in [2.45, 2.75) is 44.7 Å². The number of nitrogens with one attached hydrogen (secondary N) is 2. The highest BCUT2D eigenvalue weighted by Crippen LogP contribution is 2.45. The Morgan fingerprint density at radius 1 is 1.27 bits per heavy atom. The van der Waals surface area contributed by atoms with Crippen molar-refractivity contribution in [1.29, 1.82) is 0 Å². The van der Waals surface area contributed by atoms with Crippen molar-refractivity contribution in [3.63, 3.8) is 0 Å². The summed E-state index contributed by atoms with van der Waals surface area (Å²) in [4.78, 5) is 0. The van der Waals surface area contributed by atoms with E-state index in [0.717, 1.165) is 17.7 Å². The number of hydrogen-bond donors (Lipinski definition) is 2. The van der Waals surface area contributed by atoms with Crippen LogP contribution in [-0.2, 0) is 0 Å². The van der Waals surface area contributed by atoms with Crippen LogP contribution in [0.1, 0.15) is 44.5 Å². The summed E-state index contributed by atoms with van der Waals surface area (Å²) in [6.45, 7) is 2.11. The van der Waals surface area contributed by atoms with E-state index >= 15 is 0 Å². The molecule has 0 radical (unpaired) electrons. The van der Waals surface area contributed by atoms with Gasteiger partial charge in [-0.15, -0.1) is 10.2 Å². The van der Waals surface area contributed by atoms with Crippen LogP contribution in [0.3, 0.4) is 0 Å². The number of rotatable bonds is 5. The van der Waals surface area contributed by atoms with Crippen LogP contribution in [0.4, 0.5) is 0 Å². The zero-order valence-corrected chi connectivity index (χ0v) is 8.98. The van der Waals surface area contributed by atoms with E-state index in [1.54, 1.807) is 0 Å². The minimum atomic E-state index is 0.218. The molecule has 0 spiro atoms. The van der Waals surface area contributed by atoms with Crippen LogP contribution < -0.4 is 5.32 Å². The van der Waals surface area contributed by atoms with Gasteiger partial charge in [0.1, 0.15) is 0 Å². The maximum Gasteiger partial charge on any atom is 0.191 e. The SMILES string of the molecule is CC(NC(C1CC1)C1CC1)c1nn[nH]n1. The molecule has 0 aliphatic heterocycles. The second-order valence-corrected chi connectivity index (χ2v) is 4.86. The van der Waals surface area contributed by atoms with Crippen molar-refractivity contribution >= 4 is 0 Å². The molecule has 0 amide bonds. The highest BCUT2D eigenvalue weighted by molar-refractivity contribution is 4.99. The number of hydrogen-bond acceptors (Lipinski definition) is 4. The molecule has 0 saturated heterocycles. The minimum absolute atomic E-state index is 0.218. The molecule has 2 saturated carbocycles. The quantitative estimate of drug-likeness (QED) is 0.757. The molecule has 1 heterocycles. The monoisotopic (exact) mass is 207 g/mol. The fourth-order valence-corrected chi connectivity index (χ4v) is 2.28. The van der Waals surface area contributed by atoms with Crippen molar-refractivity contribution in [3.05, 3.63) is 5.82 Å². The van der Waals surface area contributed by atoms with Crippen LogP contribution in [0.5, 0.6) is 0 Å². The van der Waals surface area contributed by atoms with E-state index in [2.05, 4.69) is 32.9 Å². The molecule has 0 bridgehead atoms. The lowest BCUT2D eigenvalue weighted by Crippen LogP contribution is -2.35. The summed E-state index contributed by atoms with van der Waals surface area (Å²) < 4.78 is 0. The highest BCUT2D eigenvalue weighted by atomic mass is 15.5. The van der Waals surface area contributed by atoms with E-state index in [9.17, 15) is 0 Å². The maximum atomic E-state index is 4.02. The third-order valence-electron chi connectivity index (χ3n) is 3.45. The summed E-state index contributed by atoms with van der Waals surface area (Å²) in [5, 5.41) is 17.8. The molecule has 1 atom stereocenters. The van der Waals surface area contributed by atoms with Crippen molar-refractivity contribution in [3.8, 4) is 0 Å². The van der Waals surface area contributed by atoms with Gasteiger partial charge in [-0.1, -0.05) is 5.21 Å². The lowest BCUT2D eigenvalue weighted by Gasteiger charge is -2.20. The Bertz CT molecular complexity index is 303. The van der Waals surface area contributed by atoms with Gasteiger partial charge in [-0.3, -0.25) is 0 Å². The second-order valence-electron chi connectivity index (χ2n) is 4.86. The maximum absolute atomic E-state index is 4.02. The summed E-state index contributed by atoms with van der Waals surface area (Å²) >= 11 is 0. The topological polar surface area (TPSA) is 66.5 Å². The molecule has 1 unspecified atom stereocenters. The predicted octanol–water partition coefficient (Wildman–Crippen LogP) is 1.04. The van der Waals surface area contributed by atoms with Crippen molar-refractivity contribution < 1.29 is 0 Å². The van der Waals surface area contributed by atoms with E-state index in [4.69, 9.17) is 0 Å². The zero-order chi connectivity index (χ0) is 10.3. The van der Waals surface area contributed by atoms with Crippen LogP contribution in [0, 0.1) is 11.8 Å². The van der Waals surface area contributed by atoms with Gasteiger partial charge in [0.2, 0.25) is 0 Å². The van der Waals surface area contributed by atoms with E-state index in [1.807, 2.05) is 0 Å². The standard InChI is InChI=1S/C10H17N5/c1-6(10-12-14-15-13-10)11-9(7-2-3-7)8-4-5-8/h6-9,11H,2-5H2,1H3,(H,12,13,14,15). The average Bonchev–Trinajstić information content (AvgIpc) is 3.15. The van der Waals surface area contributed by atoms with Gasteiger partial charge in [0.25, 0.3) is 0 Å². The smallest absolute Gasteiger partial charge is 0.191 e. The number of aromatic nitrogens is 4. The Labute approximate surface area is 89.0 Å². The highest BCUT2D eigenvalue weighted by Gasteiger charge is 2.42. The Kier molecular flexibility index (Phi) is 2.20. The molecule has 1 aromatic rings. The first-order valence-electron chi connectivity index (χ1n) is 5.84. The molecule has 1 aromatic heterocycles. The summed E-state index contributed by atoms with van der Waals surface area (Å²) in [6.07, 6.45) is 5.58. The largest absolute Gasteiger partial charge is 0.304 e. The number of H-pyrrole nitrogens is 1. The average molecular weight is 207 g/mol. The van der Waals surface area contributed by atoms with Gasteiger partial charge in [-0.25, -0.2) is 0 Å². The molecule has 82 valence electrons. The van der Waals surface area contributed by atoms with Gasteiger partial charge >= 0.3 is 0 Å². The van der Waals surface area contributed by atoms with Crippen LogP contribution in [0.2, 0.25) is 0 Å². The number of nitrogens with zero attached hydrogens (tertiary/aromatic N) is 3. The fourth-order valence-electron chi connectivity index (χ4n) is 2.28. The third kappa shape index (κ3) is 2.02. The molecule has 3 rings (SSSR count). The normalized spacial score (nSPS) is 23.3. The number of tetrazole rings is 1. The van der Waals surface area contributed by atoms with E-state index in [0.29, 0.717) is 6.04 Å². The molecular formula is C10H17N5. The minimum Gasteiger partial charge on any atom is -0.304 e. The summed E-state index contributed by atoms with van der Waals surface area (Å²) in [5.41, 5.74) is 0. The third-order valence-corrected chi connectivity index (χ3v) is 3.45. The molecule has 5 heteroatoms. The Morgan fingerprint density at radius 2 is 1.93 bits per heavy atom. The summed E-state index contributed by atoms with van der Waals surface area (Å²) in [7, 11) is 0. The van der Waals surface area contributed by atoms with Crippen LogP contribution in [-0.4, -0.2) is 26.7 Å². The van der Waals surface area contributed by atoms with Gasteiger partial charge in [0.15, 0.2) is 5.82 Å². The molecule has 15 heavy (non-hydrogen) atoms. The molecule has 2 N–H and O–H groups in total. The molecule has 2 fully saturated rings. The zero-order valence-electron chi connectivity index (χ0n) is 8.98. The molecule has 2 aliphatic carbocycles. The Balaban J connectivity index is 1.62. The van der Waals surface area contributed by atoms with Crippen molar-refractivity contribution in [2.75, 3.05) is 0 Å². The molecule has 5 nitrogen and oxygen atoms in total.